The Morgan fingerprint density at radius 1 is 1.26 bits per heavy atom. The van der Waals surface area contributed by atoms with Gasteiger partial charge in [0.25, 0.3) is 0 Å². The first-order valence-corrected chi connectivity index (χ1v) is 7.62. The van der Waals surface area contributed by atoms with E-state index in [0.29, 0.717) is 37.6 Å². The van der Waals surface area contributed by atoms with Crippen LogP contribution in [0.3, 0.4) is 0 Å². The molecule has 2 aromatic rings. The number of aromatic nitrogens is 2. The van der Waals surface area contributed by atoms with Crippen LogP contribution >= 0.6 is 0 Å². The minimum absolute atomic E-state index is 0.180. The number of hydrogen-bond acceptors (Lipinski definition) is 4. The predicted molar refractivity (Wildman–Crippen MR) is 81.8 cm³/mol. The van der Waals surface area contributed by atoms with E-state index in [-0.39, 0.29) is 6.10 Å². The molecular formula is C17H19F2N3O. The average Bonchev–Trinajstić information content (AvgIpc) is 2.51. The predicted octanol–water partition coefficient (Wildman–Crippen LogP) is 2.95. The van der Waals surface area contributed by atoms with Crippen molar-refractivity contribution < 1.29 is 13.5 Å². The summed E-state index contributed by atoms with van der Waals surface area (Å²) in [5.74, 6) is -0.879. The molecule has 1 atom stereocenters. The molecule has 122 valence electrons. The van der Waals surface area contributed by atoms with Crippen LogP contribution in [0.15, 0.2) is 24.3 Å². The number of halogens is 2. The molecule has 0 saturated carbocycles. The molecule has 1 aliphatic heterocycles. The van der Waals surface area contributed by atoms with Gasteiger partial charge in [-0.3, -0.25) is 4.90 Å². The number of rotatable bonds is 3. The number of ether oxygens (including phenoxy) is 1. The molecule has 0 aliphatic carbocycles. The van der Waals surface area contributed by atoms with Gasteiger partial charge in [-0.05, 0) is 26.0 Å². The third-order valence-corrected chi connectivity index (χ3v) is 3.89. The van der Waals surface area contributed by atoms with Crippen LogP contribution in [0.2, 0.25) is 0 Å². The van der Waals surface area contributed by atoms with Crippen LogP contribution in [0.1, 0.15) is 28.9 Å². The van der Waals surface area contributed by atoms with E-state index in [4.69, 9.17) is 4.74 Å². The van der Waals surface area contributed by atoms with Crippen molar-refractivity contribution in [3.8, 4) is 0 Å². The van der Waals surface area contributed by atoms with Gasteiger partial charge in [-0.25, -0.2) is 18.7 Å². The van der Waals surface area contributed by atoms with Crippen molar-refractivity contribution in [1.29, 1.82) is 0 Å². The lowest BCUT2D eigenvalue weighted by molar-refractivity contribution is -0.0354. The number of benzene rings is 1. The van der Waals surface area contributed by atoms with Crippen LogP contribution in [0, 0.1) is 25.5 Å². The Morgan fingerprint density at radius 2 is 2.09 bits per heavy atom. The first-order chi connectivity index (χ1) is 11.0. The molecule has 0 bridgehead atoms. The monoisotopic (exact) mass is 319 g/mol. The van der Waals surface area contributed by atoms with Crippen molar-refractivity contribution in [3.05, 3.63) is 58.7 Å². The zero-order chi connectivity index (χ0) is 16.4. The summed E-state index contributed by atoms with van der Waals surface area (Å²) in [6.45, 7) is 5.91. The van der Waals surface area contributed by atoms with Crippen molar-refractivity contribution in [2.75, 3.05) is 19.7 Å². The highest BCUT2D eigenvalue weighted by molar-refractivity contribution is 5.19. The van der Waals surface area contributed by atoms with Gasteiger partial charge in [0.05, 0.1) is 12.3 Å². The maximum atomic E-state index is 13.8. The Hall–Kier alpha value is -1.92. The molecule has 0 spiro atoms. The SMILES string of the molecule is Cc1cc([C@H]2CN(Cc3cccc(F)c3F)CCO2)nc(C)n1. The smallest absolute Gasteiger partial charge is 0.163 e. The van der Waals surface area contributed by atoms with Crippen LogP contribution in [0.5, 0.6) is 0 Å². The van der Waals surface area contributed by atoms with Gasteiger partial charge in [0.1, 0.15) is 11.9 Å². The first kappa shape index (κ1) is 16.0. The molecule has 1 aromatic carbocycles. The lowest BCUT2D eigenvalue weighted by atomic mass is 10.1. The first-order valence-electron chi connectivity index (χ1n) is 7.62. The molecule has 0 N–H and O–H groups in total. The van der Waals surface area contributed by atoms with Gasteiger partial charge in [0, 0.05) is 30.9 Å². The number of hydrogen-bond donors (Lipinski definition) is 0. The molecule has 2 heterocycles. The number of aryl methyl sites for hydroxylation is 2. The number of morpholine rings is 1. The summed E-state index contributed by atoms with van der Waals surface area (Å²) in [4.78, 5) is 10.8. The van der Waals surface area contributed by atoms with Gasteiger partial charge in [0.2, 0.25) is 0 Å². The van der Waals surface area contributed by atoms with E-state index in [1.54, 1.807) is 6.07 Å². The molecule has 1 fully saturated rings. The fourth-order valence-electron chi connectivity index (χ4n) is 2.85. The van der Waals surface area contributed by atoms with Crippen molar-refractivity contribution in [2.24, 2.45) is 0 Å². The molecule has 1 aliphatic rings. The summed E-state index contributed by atoms with van der Waals surface area (Å²) in [5, 5.41) is 0. The highest BCUT2D eigenvalue weighted by atomic mass is 19.2. The Bertz CT molecular complexity index is 688. The minimum Gasteiger partial charge on any atom is -0.369 e. The zero-order valence-corrected chi connectivity index (χ0v) is 13.2. The second-order valence-corrected chi connectivity index (χ2v) is 5.79. The van der Waals surface area contributed by atoms with Gasteiger partial charge in [-0.1, -0.05) is 12.1 Å². The fourth-order valence-corrected chi connectivity index (χ4v) is 2.85. The summed E-state index contributed by atoms with van der Waals surface area (Å²) < 4.78 is 33.0. The topological polar surface area (TPSA) is 38.2 Å². The van der Waals surface area contributed by atoms with E-state index in [1.807, 2.05) is 19.9 Å². The quantitative estimate of drug-likeness (QED) is 0.872. The van der Waals surface area contributed by atoms with Crippen molar-refractivity contribution in [3.63, 3.8) is 0 Å². The molecule has 23 heavy (non-hydrogen) atoms. The van der Waals surface area contributed by atoms with E-state index in [9.17, 15) is 8.78 Å². The van der Waals surface area contributed by atoms with E-state index in [0.717, 1.165) is 17.5 Å². The summed E-state index contributed by atoms with van der Waals surface area (Å²) in [5.41, 5.74) is 2.09. The van der Waals surface area contributed by atoms with E-state index < -0.39 is 11.6 Å². The molecule has 0 radical (unpaired) electrons. The fraction of sp³-hybridized carbons (Fsp3) is 0.412. The standard InChI is InChI=1S/C17H19F2N3O/c1-11-8-15(21-12(2)20-11)16-10-22(6-7-23-16)9-13-4-3-5-14(18)17(13)19/h3-5,8,16H,6-7,9-10H2,1-2H3/t16-/m1/s1. The van der Waals surface area contributed by atoms with Crippen molar-refractivity contribution >= 4 is 0 Å². The van der Waals surface area contributed by atoms with Crippen LogP contribution < -0.4 is 0 Å². The zero-order valence-electron chi connectivity index (χ0n) is 13.2. The maximum absolute atomic E-state index is 13.8. The van der Waals surface area contributed by atoms with E-state index in [1.165, 1.54) is 6.07 Å². The normalized spacial score (nSPS) is 19.0. The molecule has 0 amide bonds. The van der Waals surface area contributed by atoms with Crippen LogP contribution in [0.25, 0.3) is 0 Å². The molecule has 3 rings (SSSR count). The number of nitrogens with zero attached hydrogens (tertiary/aromatic N) is 3. The van der Waals surface area contributed by atoms with Crippen LogP contribution in [0.4, 0.5) is 8.78 Å². The van der Waals surface area contributed by atoms with Gasteiger partial charge < -0.3 is 4.74 Å². The Morgan fingerprint density at radius 3 is 2.87 bits per heavy atom. The van der Waals surface area contributed by atoms with Crippen LogP contribution in [-0.2, 0) is 11.3 Å². The molecule has 0 unspecified atom stereocenters. The lowest BCUT2D eigenvalue weighted by Gasteiger charge is -2.32. The second-order valence-electron chi connectivity index (χ2n) is 5.79. The highest BCUT2D eigenvalue weighted by Gasteiger charge is 2.24. The third-order valence-electron chi connectivity index (χ3n) is 3.89. The summed E-state index contributed by atoms with van der Waals surface area (Å²) >= 11 is 0. The summed E-state index contributed by atoms with van der Waals surface area (Å²) in [6, 6.07) is 6.18. The lowest BCUT2D eigenvalue weighted by Crippen LogP contribution is -2.38. The Kier molecular flexibility index (Phi) is 4.63. The van der Waals surface area contributed by atoms with Gasteiger partial charge in [-0.2, -0.15) is 0 Å². The van der Waals surface area contributed by atoms with Gasteiger partial charge in [0.15, 0.2) is 11.6 Å². The second kappa shape index (κ2) is 6.68. The molecule has 1 aromatic heterocycles. The van der Waals surface area contributed by atoms with Crippen LogP contribution in [-0.4, -0.2) is 34.6 Å². The summed E-state index contributed by atoms with van der Waals surface area (Å²) in [7, 11) is 0. The van der Waals surface area contributed by atoms with Crippen molar-refractivity contribution in [2.45, 2.75) is 26.5 Å². The maximum Gasteiger partial charge on any atom is 0.163 e. The Labute approximate surface area is 134 Å². The van der Waals surface area contributed by atoms with Crippen molar-refractivity contribution in [1.82, 2.24) is 14.9 Å². The molecule has 4 nitrogen and oxygen atoms in total. The molecular weight excluding hydrogens is 300 g/mol. The largest absolute Gasteiger partial charge is 0.369 e. The molecule has 1 saturated heterocycles. The molecule has 6 heteroatoms. The van der Waals surface area contributed by atoms with E-state index in [2.05, 4.69) is 14.9 Å². The third kappa shape index (κ3) is 3.71. The average molecular weight is 319 g/mol. The van der Waals surface area contributed by atoms with E-state index >= 15 is 0 Å². The highest BCUT2D eigenvalue weighted by Crippen LogP contribution is 2.23. The Balaban J connectivity index is 1.74. The minimum atomic E-state index is -0.811. The van der Waals surface area contributed by atoms with Gasteiger partial charge in [-0.15, -0.1) is 0 Å². The van der Waals surface area contributed by atoms with Gasteiger partial charge >= 0.3 is 0 Å². The summed E-state index contributed by atoms with van der Waals surface area (Å²) in [6.07, 6.45) is -0.180.